The second kappa shape index (κ2) is 9.65. The van der Waals surface area contributed by atoms with Crippen molar-refractivity contribution in [3.05, 3.63) is 42.4 Å². The molecule has 0 aliphatic rings. The zero-order chi connectivity index (χ0) is 20.8. The van der Waals surface area contributed by atoms with Crippen LogP contribution >= 0.6 is 11.8 Å². The molecule has 7 nitrogen and oxygen atoms in total. The van der Waals surface area contributed by atoms with Gasteiger partial charge >= 0.3 is 0 Å². The third kappa shape index (κ3) is 4.64. The van der Waals surface area contributed by atoms with E-state index in [9.17, 15) is 4.79 Å². The van der Waals surface area contributed by atoms with Gasteiger partial charge in [-0.1, -0.05) is 11.8 Å². The Morgan fingerprint density at radius 2 is 1.86 bits per heavy atom. The number of hydrogen-bond acceptors (Lipinski definition) is 6. The lowest BCUT2D eigenvalue weighted by atomic mass is 10.2. The van der Waals surface area contributed by atoms with E-state index >= 15 is 0 Å². The third-order valence-corrected chi connectivity index (χ3v) is 5.49. The topological polar surface area (TPSA) is 73.4 Å². The van der Waals surface area contributed by atoms with Crippen LogP contribution in [0, 0.1) is 6.92 Å². The predicted molar refractivity (Wildman–Crippen MR) is 114 cm³/mol. The molecule has 8 heteroatoms. The minimum Gasteiger partial charge on any atom is -0.494 e. The Bertz CT molecular complexity index is 945. The number of thioether (sulfide) groups is 1. The summed E-state index contributed by atoms with van der Waals surface area (Å²) in [6, 6.07) is 9.63. The number of benzene rings is 1. The zero-order valence-corrected chi connectivity index (χ0v) is 18.0. The van der Waals surface area contributed by atoms with Crippen LogP contribution in [0.1, 0.15) is 26.5 Å². The van der Waals surface area contributed by atoms with E-state index in [0.717, 1.165) is 22.8 Å². The maximum atomic E-state index is 12.4. The van der Waals surface area contributed by atoms with Gasteiger partial charge < -0.3 is 14.1 Å². The summed E-state index contributed by atoms with van der Waals surface area (Å²) in [5.74, 6) is 2.64. The first kappa shape index (κ1) is 21.0. The summed E-state index contributed by atoms with van der Waals surface area (Å²) in [5, 5.41) is 9.41. The summed E-state index contributed by atoms with van der Waals surface area (Å²) in [7, 11) is 0. The number of amides is 1. The molecule has 0 bridgehead atoms. The van der Waals surface area contributed by atoms with Crippen molar-refractivity contribution in [3.8, 4) is 22.8 Å². The van der Waals surface area contributed by atoms with Crippen molar-refractivity contribution in [2.24, 2.45) is 0 Å². The van der Waals surface area contributed by atoms with Crippen molar-refractivity contribution in [2.45, 2.75) is 32.9 Å². The average Bonchev–Trinajstić information content (AvgIpc) is 3.34. The number of carbonyl (C=O) groups is 1. The van der Waals surface area contributed by atoms with E-state index in [1.54, 1.807) is 6.26 Å². The van der Waals surface area contributed by atoms with Crippen LogP contribution < -0.4 is 4.74 Å². The highest BCUT2D eigenvalue weighted by Gasteiger charge is 2.20. The van der Waals surface area contributed by atoms with Crippen molar-refractivity contribution in [1.29, 1.82) is 0 Å². The van der Waals surface area contributed by atoms with E-state index in [2.05, 4.69) is 10.2 Å². The zero-order valence-electron chi connectivity index (χ0n) is 17.2. The molecule has 0 saturated heterocycles. The van der Waals surface area contributed by atoms with E-state index in [-0.39, 0.29) is 5.91 Å². The molecule has 0 saturated carbocycles. The summed E-state index contributed by atoms with van der Waals surface area (Å²) in [6.45, 7) is 9.81. The van der Waals surface area contributed by atoms with Gasteiger partial charge in [0.25, 0.3) is 0 Å². The van der Waals surface area contributed by atoms with Gasteiger partial charge in [-0.05, 0) is 58.0 Å². The van der Waals surface area contributed by atoms with Crippen LogP contribution in [0.3, 0.4) is 0 Å². The van der Waals surface area contributed by atoms with Crippen molar-refractivity contribution in [1.82, 2.24) is 19.7 Å². The lowest BCUT2D eigenvalue weighted by Crippen LogP contribution is -2.31. The molecule has 0 fully saturated rings. The van der Waals surface area contributed by atoms with Crippen LogP contribution in [0.15, 0.2) is 46.2 Å². The second-order valence-electron chi connectivity index (χ2n) is 6.31. The van der Waals surface area contributed by atoms with Crippen molar-refractivity contribution in [3.63, 3.8) is 0 Å². The largest absolute Gasteiger partial charge is 0.494 e. The molecule has 0 radical (unpaired) electrons. The lowest BCUT2D eigenvalue weighted by Gasteiger charge is -2.18. The summed E-state index contributed by atoms with van der Waals surface area (Å²) in [6.07, 6.45) is 1.64. The normalized spacial score (nSPS) is 10.9. The van der Waals surface area contributed by atoms with Crippen molar-refractivity contribution in [2.75, 3.05) is 25.4 Å². The summed E-state index contributed by atoms with van der Waals surface area (Å²) in [4.78, 5) is 14.3. The first-order chi connectivity index (χ1) is 14.1. The van der Waals surface area contributed by atoms with Crippen LogP contribution in [-0.4, -0.2) is 51.0 Å². The number of nitrogens with zero attached hydrogens (tertiary/aromatic N) is 4. The minimum absolute atomic E-state index is 0.0854. The number of carbonyl (C=O) groups excluding carboxylic acids is 1. The first-order valence-electron chi connectivity index (χ1n) is 9.72. The van der Waals surface area contributed by atoms with Gasteiger partial charge in [0.15, 0.2) is 11.0 Å². The third-order valence-electron chi connectivity index (χ3n) is 4.58. The molecule has 0 spiro atoms. The molecular weight excluding hydrogens is 388 g/mol. The molecule has 0 unspecified atom stereocenters. The molecule has 0 N–H and O–H groups in total. The van der Waals surface area contributed by atoms with Gasteiger partial charge in [0, 0.05) is 13.1 Å². The maximum absolute atomic E-state index is 12.4. The molecule has 1 aromatic carbocycles. The fourth-order valence-electron chi connectivity index (χ4n) is 3.04. The summed E-state index contributed by atoms with van der Waals surface area (Å²) >= 11 is 1.38. The average molecular weight is 415 g/mol. The standard InChI is InChI=1S/C21H26N4O3S/c1-5-24(6-2)19(26)14-29-21-23-22-20(18-12-13-28-15(18)4)25(21)16-8-10-17(11-9-16)27-7-3/h8-13H,5-7,14H2,1-4H3. The van der Waals surface area contributed by atoms with Gasteiger partial charge in [-0.2, -0.15) is 0 Å². The number of aromatic nitrogens is 3. The highest BCUT2D eigenvalue weighted by molar-refractivity contribution is 7.99. The monoisotopic (exact) mass is 414 g/mol. The fraction of sp³-hybridized carbons (Fsp3) is 0.381. The van der Waals surface area contributed by atoms with Gasteiger partial charge in [0.05, 0.1) is 29.9 Å². The van der Waals surface area contributed by atoms with Crippen molar-refractivity contribution < 1.29 is 13.9 Å². The van der Waals surface area contributed by atoms with E-state index in [0.29, 0.717) is 36.4 Å². The quantitative estimate of drug-likeness (QED) is 0.489. The number of furan rings is 1. The smallest absolute Gasteiger partial charge is 0.233 e. The van der Waals surface area contributed by atoms with Gasteiger partial charge in [-0.3, -0.25) is 9.36 Å². The lowest BCUT2D eigenvalue weighted by molar-refractivity contribution is -0.127. The molecule has 2 heterocycles. The Labute approximate surface area is 175 Å². The molecule has 0 atom stereocenters. The van der Waals surface area contributed by atoms with Gasteiger partial charge in [-0.15, -0.1) is 10.2 Å². The molecule has 0 aliphatic heterocycles. The Kier molecular flexibility index (Phi) is 6.98. The number of hydrogen-bond donors (Lipinski definition) is 0. The van der Waals surface area contributed by atoms with Crippen LogP contribution in [0.4, 0.5) is 0 Å². The van der Waals surface area contributed by atoms with Crippen LogP contribution in [0.25, 0.3) is 17.1 Å². The van der Waals surface area contributed by atoms with E-state index in [1.807, 2.05) is 67.5 Å². The van der Waals surface area contributed by atoms with Crippen LogP contribution in [-0.2, 0) is 4.79 Å². The summed E-state index contributed by atoms with van der Waals surface area (Å²) < 4.78 is 13.0. The molecular formula is C21H26N4O3S. The fourth-order valence-corrected chi connectivity index (χ4v) is 3.89. The summed E-state index contributed by atoms with van der Waals surface area (Å²) in [5.41, 5.74) is 1.76. The Balaban J connectivity index is 1.95. The molecule has 154 valence electrons. The Morgan fingerprint density at radius 1 is 1.14 bits per heavy atom. The number of rotatable bonds is 9. The van der Waals surface area contributed by atoms with E-state index in [1.165, 1.54) is 11.8 Å². The van der Waals surface area contributed by atoms with E-state index < -0.39 is 0 Å². The first-order valence-corrected chi connectivity index (χ1v) is 10.7. The van der Waals surface area contributed by atoms with Gasteiger partial charge in [0.2, 0.25) is 5.91 Å². The van der Waals surface area contributed by atoms with Crippen LogP contribution in [0.5, 0.6) is 5.75 Å². The number of ether oxygens (including phenoxy) is 1. The van der Waals surface area contributed by atoms with Crippen LogP contribution in [0.2, 0.25) is 0 Å². The van der Waals surface area contributed by atoms with E-state index in [4.69, 9.17) is 9.15 Å². The molecule has 1 amide bonds. The van der Waals surface area contributed by atoms with Crippen molar-refractivity contribution >= 4 is 17.7 Å². The second-order valence-corrected chi connectivity index (χ2v) is 7.26. The molecule has 3 rings (SSSR count). The molecule has 0 aliphatic carbocycles. The highest BCUT2D eigenvalue weighted by Crippen LogP contribution is 2.31. The maximum Gasteiger partial charge on any atom is 0.233 e. The predicted octanol–water partition coefficient (Wildman–Crippen LogP) is 4.19. The van der Waals surface area contributed by atoms with Gasteiger partial charge in [-0.25, -0.2) is 0 Å². The Hall–Kier alpha value is -2.74. The van der Waals surface area contributed by atoms with Gasteiger partial charge in [0.1, 0.15) is 11.5 Å². The highest BCUT2D eigenvalue weighted by atomic mass is 32.2. The molecule has 3 aromatic rings. The minimum atomic E-state index is 0.0854. The molecule has 29 heavy (non-hydrogen) atoms. The SMILES string of the molecule is CCOc1ccc(-n2c(SCC(=O)N(CC)CC)nnc2-c2ccoc2C)cc1. The number of aryl methyl sites for hydroxylation is 1. The Morgan fingerprint density at radius 3 is 2.45 bits per heavy atom. The molecule has 2 aromatic heterocycles.